The number of hydrogen-bond donors (Lipinski definition) is 1. The van der Waals surface area contributed by atoms with Crippen LogP contribution in [0.4, 0.5) is 5.69 Å². The monoisotopic (exact) mass is 374 g/mol. The molecule has 0 aliphatic heterocycles. The Morgan fingerprint density at radius 2 is 1.86 bits per heavy atom. The van der Waals surface area contributed by atoms with E-state index in [0.717, 1.165) is 52.5 Å². The van der Waals surface area contributed by atoms with Crippen LogP contribution in [0.2, 0.25) is 0 Å². The maximum Gasteiger partial charge on any atom is 0.323 e. The molecule has 1 heterocycles. The van der Waals surface area contributed by atoms with Crippen molar-refractivity contribution in [2.24, 2.45) is 0 Å². The van der Waals surface area contributed by atoms with E-state index in [1.807, 2.05) is 59.5 Å². The van der Waals surface area contributed by atoms with E-state index in [9.17, 15) is 9.90 Å². The number of benzene rings is 3. The van der Waals surface area contributed by atoms with Crippen molar-refractivity contribution in [1.29, 1.82) is 0 Å². The van der Waals surface area contributed by atoms with Gasteiger partial charge in [0.25, 0.3) is 0 Å². The lowest BCUT2D eigenvalue weighted by Gasteiger charge is -2.23. The summed E-state index contributed by atoms with van der Waals surface area (Å²) in [5, 5.41) is 11.3. The van der Waals surface area contributed by atoms with Crippen LogP contribution in [0.5, 0.6) is 0 Å². The summed E-state index contributed by atoms with van der Waals surface area (Å²) in [6.07, 6.45) is 1.99. The van der Waals surface area contributed by atoms with Gasteiger partial charge in [0.1, 0.15) is 12.1 Å². The van der Waals surface area contributed by atoms with Crippen molar-refractivity contribution < 1.29 is 14.3 Å². The molecule has 5 nitrogen and oxygen atoms in total. The van der Waals surface area contributed by atoms with Crippen LogP contribution in [0, 0.1) is 0 Å². The second-order valence-corrected chi connectivity index (χ2v) is 6.90. The Labute approximate surface area is 163 Å². The lowest BCUT2D eigenvalue weighted by Crippen LogP contribution is -2.30. The molecular weight excluding hydrogens is 352 g/mol. The number of aromatic nitrogens is 1. The second-order valence-electron chi connectivity index (χ2n) is 6.90. The Balaban J connectivity index is 1.67. The van der Waals surface area contributed by atoms with Gasteiger partial charge < -0.3 is 14.4 Å². The molecule has 0 bridgehead atoms. The van der Waals surface area contributed by atoms with Gasteiger partial charge in [-0.1, -0.05) is 37.6 Å². The highest BCUT2D eigenvalue weighted by molar-refractivity contribution is 5.90. The lowest BCUT2D eigenvalue weighted by molar-refractivity contribution is -0.135. The van der Waals surface area contributed by atoms with E-state index in [2.05, 4.69) is 18.0 Å². The van der Waals surface area contributed by atoms with Crippen molar-refractivity contribution in [3.63, 3.8) is 0 Å². The molecule has 0 aliphatic carbocycles. The van der Waals surface area contributed by atoms with E-state index in [1.165, 1.54) is 0 Å². The minimum atomic E-state index is -0.817. The normalized spacial score (nSPS) is 11.2. The minimum Gasteiger partial charge on any atom is -0.480 e. The van der Waals surface area contributed by atoms with Crippen LogP contribution in [-0.4, -0.2) is 29.1 Å². The molecule has 0 fully saturated rings. The van der Waals surface area contributed by atoms with E-state index in [4.69, 9.17) is 4.42 Å². The van der Waals surface area contributed by atoms with Crippen LogP contribution in [0.3, 0.4) is 0 Å². The zero-order valence-corrected chi connectivity index (χ0v) is 15.8. The van der Waals surface area contributed by atoms with Crippen molar-refractivity contribution in [1.82, 2.24) is 4.98 Å². The SMILES string of the molecule is CCCCN(CC(=O)O)c1ccc2cc(-c3nc4ccccc4o3)ccc2c1. The number of carbonyl (C=O) groups is 1. The Morgan fingerprint density at radius 3 is 2.64 bits per heavy atom. The van der Waals surface area contributed by atoms with Crippen LogP contribution < -0.4 is 4.90 Å². The molecule has 4 rings (SSSR count). The van der Waals surface area contributed by atoms with Gasteiger partial charge in [0.2, 0.25) is 5.89 Å². The third kappa shape index (κ3) is 3.69. The van der Waals surface area contributed by atoms with E-state index in [-0.39, 0.29) is 6.54 Å². The molecule has 0 aliphatic rings. The van der Waals surface area contributed by atoms with Gasteiger partial charge in [0.05, 0.1) is 0 Å². The van der Waals surface area contributed by atoms with Crippen LogP contribution in [-0.2, 0) is 4.79 Å². The van der Waals surface area contributed by atoms with Crippen molar-refractivity contribution in [3.05, 3.63) is 60.7 Å². The second kappa shape index (κ2) is 7.72. The van der Waals surface area contributed by atoms with Gasteiger partial charge in [-0.2, -0.15) is 0 Å². The fourth-order valence-corrected chi connectivity index (χ4v) is 3.37. The Hall–Kier alpha value is -3.34. The van der Waals surface area contributed by atoms with E-state index >= 15 is 0 Å². The number of hydrogen-bond acceptors (Lipinski definition) is 4. The summed E-state index contributed by atoms with van der Waals surface area (Å²) >= 11 is 0. The van der Waals surface area contributed by atoms with Crippen LogP contribution in [0.1, 0.15) is 19.8 Å². The number of oxazole rings is 1. The van der Waals surface area contributed by atoms with E-state index in [0.29, 0.717) is 5.89 Å². The third-order valence-electron chi connectivity index (χ3n) is 4.84. The summed E-state index contributed by atoms with van der Waals surface area (Å²) in [4.78, 5) is 17.7. The standard InChI is InChI=1S/C23H22N2O3/c1-2-3-12-25(15-22(26)27)19-11-10-16-13-18(9-8-17(16)14-19)23-24-20-6-4-5-7-21(20)28-23/h4-11,13-14H,2-3,12,15H2,1H3,(H,26,27). The number of unbranched alkanes of at least 4 members (excludes halogenated alkanes) is 1. The first kappa shape index (κ1) is 18.0. The molecule has 0 saturated carbocycles. The molecule has 1 N–H and O–H groups in total. The zero-order valence-electron chi connectivity index (χ0n) is 15.8. The lowest BCUT2D eigenvalue weighted by atomic mass is 10.1. The fraction of sp³-hybridized carbons (Fsp3) is 0.217. The average molecular weight is 374 g/mol. The molecule has 3 aromatic carbocycles. The molecule has 0 unspecified atom stereocenters. The maximum absolute atomic E-state index is 11.2. The molecule has 0 amide bonds. The predicted octanol–water partition coefficient (Wildman–Crippen LogP) is 5.34. The summed E-state index contributed by atoms with van der Waals surface area (Å²) in [6.45, 7) is 2.84. The van der Waals surface area contributed by atoms with Gasteiger partial charge in [-0.25, -0.2) is 4.98 Å². The Bertz CT molecular complexity index is 1100. The minimum absolute atomic E-state index is 0.00644. The first-order valence-electron chi connectivity index (χ1n) is 9.50. The largest absolute Gasteiger partial charge is 0.480 e. The van der Waals surface area contributed by atoms with Crippen LogP contribution in [0.25, 0.3) is 33.3 Å². The summed E-state index contributed by atoms with van der Waals surface area (Å²) in [5.41, 5.74) is 3.46. The van der Waals surface area contributed by atoms with Gasteiger partial charge in [-0.05, 0) is 53.6 Å². The van der Waals surface area contributed by atoms with Crippen molar-refractivity contribution in [3.8, 4) is 11.5 Å². The molecule has 0 radical (unpaired) electrons. The van der Waals surface area contributed by atoms with Gasteiger partial charge in [-0.3, -0.25) is 4.79 Å². The third-order valence-corrected chi connectivity index (χ3v) is 4.84. The number of nitrogens with zero attached hydrogens (tertiary/aromatic N) is 2. The summed E-state index contributed by atoms with van der Waals surface area (Å²) in [6, 6.07) is 19.8. The summed E-state index contributed by atoms with van der Waals surface area (Å²) < 4.78 is 5.87. The van der Waals surface area contributed by atoms with E-state index in [1.54, 1.807) is 0 Å². The molecule has 28 heavy (non-hydrogen) atoms. The predicted molar refractivity (Wildman–Crippen MR) is 112 cm³/mol. The molecular formula is C23H22N2O3. The highest BCUT2D eigenvalue weighted by Gasteiger charge is 2.12. The zero-order chi connectivity index (χ0) is 19.5. The van der Waals surface area contributed by atoms with Crippen molar-refractivity contribution >= 4 is 33.5 Å². The maximum atomic E-state index is 11.2. The molecule has 0 atom stereocenters. The van der Waals surface area contributed by atoms with Crippen molar-refractivity contribution in [2.45, 2.75) is 19.8 Å². The Kier molecular flexibility index (Phi) is 4.98. The van der Waals surface area contributed by atoms with Gasteiger partial charge in [0, 0.05) is 17.8 Å². The number of para-hydroxylation sites is 2. The first-order chi connectivity index (χ1) is 13.6. The number of fused-ring (bicyclic) bond motifs is 2. The van der Waals surface area contributed by atoms with Gasteiger partial charge in [0.15, 0.2) is 5.58 Å². The number of carboxylic acids is 1. The fourth-order valence-electron chi connectivity index (χ4n) is 3.37. The molecule has 4 aromatic rings. The number of anilines is 1. The van der Waals surface area contributed by atoms with Crippen molar-refractivity contribution in [2.75, 3.05) is 18.0 Å². The molecule has 1 aromatic heterocycles. The average Bonchev–Trinajstić information content (AvgIpc) is 3.14. The number of aliphatic carboxylic acids is 1. The highest BCUT2D eigenvalue weighted by Crippen LogP contribution is 2.29. The molecule has 5 heteroatoms. The topological polar surface area (TPSA) is 66.6 Å². The van der Waals surface area contributed by atoms with Gasteiger partial charge >= 0.3 is 5.97 Å². The van der Waals surface area contributed by atoms with Crippen LogP contribution >= 0.6 is 0 Å². The van der Waals surface area contributed by atoms with Gasteiger partial charge in [-0.15, -0.1) is 0 Å². The quantitative estimate of drug-likeness (QED) is 0.473. The smallest absolute Gasteiger partial charge is 0.323 e. The molecule has 0 saturated heterocycles. The molecule has 0 spiro atoms. The summed E-state index contributed by atoms with van der Waals surface area (Å²) in [7, 11) is 0. The Morgan fingerprint density at radius 1 is 1.07 bits per heavy atom. The van der Waals surface area contributed by atoms with Crippen LogP contribution in [0.15, 0.2) is 65.1 Å². The first-order valence-corrected chi connectivity index (χ1v) is 9.50. The van der Waals surface area contributed by atoms with E-state index < -0.39 is 5.97 Å². The molecule has 142 valence electrons. The highest BCUT2D eigenvalue weighted by atomic mass is 16.4. The number of rotatable bonds is 7. The summed E-state index contributed by atoms with van der Waals surface area (Å²) in [5.74, 6) is -0.217. The number of carboxylic acid groups (broad SMARTS) is 1.